The van der Waals surface area contributed by atoms with Crippen LogP contribution in [0, 0.1) is 13.8 Å². The average molecular weight is 370 g/mol. The number of benzene rings is 1. The fourth-order valence-electron chi connectivity index (χ4n) is 3.45. The van der Waals surface area contributed by atoms with E-state index >= 15 is 0 Å². The van der Waals surface area contributed by atoms with Gasteiger partial charge in [-0.3, -0.25) is 14.4 Å². The van der Waals surface area contributed by atoms with E-state index in [0.29, 0.717) is 32.1 Å². The van der Waals surface area contributed by atoms with Crippen LogP contribution in [0.25, 0.3) is 0 Å². The third kappa shape index (κ3) is 4.84. The van der Waals surface area contributed by atoms with E-state index in [4.69, 9.17) is 5.11 Å². The molecule has 0 unspecified atom stereocenters. The van der Waals surface area contributed by atoms with Crippen molar-refractivity contribution in [2.24, 2.45) is 0 Å². The van der Waals surface area contributed by atoms with Gasteiger partial charge in [-0.15, -0.1) is 0 Å². The highest BCUT2D eigenvalue weighted by Crippen LogP contribution is 2.32. The van der Waals surface area contributed by atoms with E-state index in [-0.39, 0.29) is 6.42 Å². The molecular formula is C21H26N2O4. The van der Waals surface area contributed by atoms with Crippen molar-refractivity contribution in [3.63, 3.8) is 0 Å². The third-order valence-corrected chi connectivity index (χ3v) is 4.89. The maximum absolute atomic E-state index is 12.0. The van der Waals surface area contributed by atoms with E-state index in [1.165, 1.54) is 4.90 Å². The molecular weight excluding hydrogens is 344 g/mol. The number of carbonyl (C=O) groups is 3. The van der Waals surface area contributed by atoms with E-state index < -0.39 is 11.9 Å². The van der Waals surface area contributed by atoms with Gasteiger partial charge in [0, 0.05) is 31.4 Å². The summed E-state index contributed by atoms with van der Waals surface area (Å²) >= 11 is 0. The standard InChI is InChI=1S/C21H26N2O4/c1-15-18(11-7-8-12-20(26)27)21(22(3)19(25)14-24)16(2)23(15)13-17-9-5-4-6-10-17/h4-6,9-10,14H,7-8,11-13H2,1-3H3,(H,26,27). The number of carboxylic acids is 1. The van der Waals surface area contributed by atoms with Crippen LogP contribution in [0.5, 0.6) is 0 Å². The van der Waals surface area contributed by atoms with Crippen LogP contribution in [0.3, 0.4) is 0 Å². The number of aromatic nitrogens is 1. The molecule has 6 heteroatoms. The molecule has 0 fully saturated rings. The number of carbonyl (C=O) groups excluding carboxylic acids is 2. The minimum absolute atomic E-state index is 0.126. The normalized spacial score (nSPS) is 10.6. The zero-order chi connectivity index (χ0) is 20.0. The molecule has 1 heterocycles. The zero-order valence-electron chi connectivity index (χ0n) is 16.1. The fourth-order valence-corrected chi connectivity index (χ4v) is 3.45. The van der Waals surface area contributed by atoms with Gasteiger partial charge in [-0.25, -0.2) is 0 Å². The van der Waals surface area contributed by atoms with Crippen molar-refractivity contribution >= 4 is 23.9 Å². The molecule has 0 atom stereocenters. The first kappa shape index (κ1) is 20.4. The Bertz CT molecular complexity index is 824. The van der Waals surface area contributed by atoms with Crippen LogP contribution in [0.2, 0.25) is 0 Å². The number of hydrogen-bond donors (Lipinski definition) is 1. The molecule has 0 aliphatic rings. The second-order valence-electron chi connectivity index (χ2n) is 6.69. The van der Waals surface area contributed by atoms with E-state index in [1.54, 1.807) is 7.05 Å². The first-order valence-electron chi connectivity index (χ1n) is 9.04. The average Bonchev–Trinajstić information content (AvgIpc) is 2.89. The molecule has 0 saturated heterocycles. The van der Waals surface area contributed by atoms with Crippen LogP contribution >= 0.6 is 0 Å². The maximum Gasteiger partial charge on any atom is 0.303 e. The summed E-state index contributed by atoms with van der Waals surface area (Å²) in [7, 11) is 1.60. The Morgan fingerprint density at radius 2 is 1.78 bits per heavy atom. The molecule has 0 radical (unpaired) electrons. The number of carboxylic acid groups (broad SMARTS) is 1. The highest BCUT2D eigenvalue weighted by Gasteiger charge is 2.23. The molecule has 0 aliphatic heterocycles. The summed E-state index contributed by atoms with van der Waals surface area (Å²) in [4.78, 5) is 35.1. The van der Waals surface area contributed by atoms with Crippen LogP contribution in [-0.2, 0) is 27.3 Å². The lowest BCUT2D eigenvalue weighted by atomic mass is 10.0. The first-order valence-corrected chi connectivity index (χ1v) is 9.04. The molecule has 1 aromatic heterocycles. The molecule has 144 valence electrons. The largest absolute Gasteiger partial charge is 0.481 e. The second kappa shape index (κ2) is 9.16. The van der Waals surface area contributed by atoms with Gasteiger partial charge in [-0.1, -0.05) is 30.3 Å². The molecule has 2 aromatic rings. The molecule has 1 amide bonds. The van der Waals surface area contributed by atoms with Crippen molar-refractivity contribution in [3.05, 3.63) is 52.8 Å². The Hall–Kier alpha value is -2.89. The van der Waals surface area contributed by atoms with Crippen molar-refractivity contribution in [3.8, 4) is 0 Å². The van der Waals surface area contributed by atoms with Crippen molar-refractivity contribution in [1.29, 1.82) is 0 Å². The molecule has 27 heavy (non-hydrogen) atoms. The zero-order valence-corrected chi connectivity index (χ0v) is 16.1. The van der Waals surface area contributed by atoms with Gasteiger partial charge in [0.05, 0.1) is 5.69 Å². The lowest BCUT2D eigenvalue weighted by molar-refractivity contribution is -0.137. The first-order chi connectivity index (χ1) is 12.9. The number of rotatable bonds is 9. The topological polar surface area (TPSA) is 79.6 Å². The summed E-state index contributed by atoms with van der Waals surface area (Å²) in [5.41, 5.74) is 4.84. The van der Waals surface area contributed by atoms with Gasteiger partial charge >= 0.3 is 5.97 Å². The summed E-state index contributed by atoms with van der Waals surface area (Å²) < 4.78 is 2.14. The van der Waals surface area contributed by atoms with Gasteiger partial charge in [-0.05, 0) is 44.2 Å². The monoisotopic (exact) mass is 370 g/mol. The fraction of sp³-hybridized carbons (Fsp3) is 0.381. The predicted octanol–water partition coefficient (Wildman–Crippen LogP) is 3.11. The summed E-state index contributed by atoms with van der Waals surface area (Å²) in [5.74, 6) is -1.40. The van der Waals surface area contributed by atoms with Crippen molar-refractivity contribution in [1.82, 2.24) is 4.57 Å². The molecule has 0 saturated carbocycles. The summed E-state index contributed by atoms with van der Waals surface area (Å²) in [5, 5.41) is 8.83. The molecule has 6 nitrogen and oxygen atoms in total. The van der Waals surface area contributed by atoms with E-state index in [1.807, 2.05) is 44.2 Å². The van der Waals surface area contributed by atoms with Gasteiger partial charge < -0.3 is 14.6 Å². The van der Waals surface area contributed by atoms with Crippen molar-refractivity contribution in [2.75, 3.05) is 11.9 Å². The second-order valence-corrected chi connectivity index (χ2v) is 6.69. The number of likely N-dealkylation sites (N-methyl/N-ethyl adjacent to an activating group) is 1. The molecule has 1 N–H and O–H groups in total. The molecule has 0 bridgehead atoms. The number of hydrogen-bond acceptors (Lipinski definition) is 3. The van der Waals surface area contributed by atoms with Crippen LogP contribution in [0.4, 0.5) is 5.69 Å². The summed E-state index contributed by atoms with van der Waals surface area (Å²) in [6.07, 6.45) is 2.38. The van der Waals surface area contributed by atoms with Gasteiger partial charge in [0.25, 0.3) is 5.91 Å². The molecule has 2 rings (SSSR count). The number of aliphatic carboxylic acids is 1. The number of aldehydes is 1. The van der Waals surface area contributed by atoms with Gasteiger partial charge in [0.1, 0.15) is 0 Å². The van der Waals surface area contributed by atoms with E-state index in [0.717, 1.165) is 28.2 Å². The van der Waals surface area contributed by atoms with E-state index in [9.17, 15) is 14.4 Å². The Balaban J connectivity index is 2.38. The minimum Gasteiger partial charge on any atom is -0.481 e. The van der Waals surface area contributed by atoms with Crippen LogP contribution < -0.4 is 4.90 Å². The molecule has 1 aromatic carbocycles. The van der Waals surface area contributed by atoms with Crippen molar-refractivity contribution < 1.29 is 19.5 Å². The SMILES string of the molecule is Cc1c(CCCCC(=O)O)c(N(C)C(=O)C=O)c(C)n1Cc1ccccc1. The van der Waals surface area contributed by atoms with Gasteiger partial charge in [0.15, 0.2) is 0 Å². The number of nitrogens with zero attached hydrogens (tertiary/aromatic N) is 2. The number of anilines is 1. The van der Waals surface area contributed by atoms with Gasteiger partial charge in [-0.2, -0.15) is 0 Å². The summed E-state index contributed by atoms with van der Waals surface area (Å²) in [6, 6.07) is 10.0. The maximum atomic E-state index is 12.0. The van der Waals surface area contributed by atoms with Crippen LogP contribution in [0.15, 0.2) is 30.3 Å². The lowest BCUT2D eigenvalue weighted by Crippen LogP contribution is -2.28. The predicted molar refractivity (Wildman–Crippen MR) is 104 cm³/mol. The van der Waals surface area contributed by atoms with Crippen LogP contribution in [0.1, 0.15) is 41.8 Å². The number of unbranched alkanes of at least 4 members (excludes halogenated alkanes) is 1. The van der Waals surface area contributed by atoms with Gasteiger partial charge in [0.2, 0.25) is 6.29 Å². The highest BCUT2D eigenvalue weighted by molar-refractivity contribution is 6.30. The Kier molecular flexibility index (Phi) is 6.93. The molecule has 0 aliphatic carbocycles. The summed E-state index contributed by atoms with van der Waals surface area (Å²) in [6.45, 7) is 4.62. The van der Waals surface area contributed by atoms with Crippen molar-refractivity contribution in [2.45, 2.75) is 46.1 Å². The smallest absolute Gasteiger partial charge is 0.303 e. The third-order valence-electron chi connectivity index (χ3n) is 4.89. The quantitative estimate of drug-likeness (QED) is 0.418. The Morgan fingerprint density at radius 3 is 2.37 bits per heavy atom. The Labute approximate surface area is 159 Å². The number of amides is 1. The van der Waals surface area contributed by atoms with E-state index in [2.05, 4.69) is 4.57 Å². The van der Waals surface area contributed by atoms with Crippen LogP contribution in [-0.4, -0.2) is 34.9 Å². The Morgan fingerprint density at radius 1 is 1.11 bits per heavy atom. The molecule has 0 spiro atoms. The highest BCUT2D eigenvalue weighted by atomic mass is 16.4. The lowest BCUT2D eigenvalue weighted by Gasteiger charge is -2.17. The minimum atomic E-state index is -0.807.